The van der Waals surface area contributed by atoms with Gasteiger partial charge in [-0.1, -0.05) is 0 Å². The average Bonchev–Trinajstić information content (AvgIpc) is 2.61. The Balaban J connectivity index is 2.52. The Morgan fingerprint density at radius 3 is 2.85 bits per heavy atom. The zero-order chi connectivity index (χ0) is 9.42. The molecule has 0 aliphatic carbocycles. The molecule has 0 atom stereocenters. The van der Waals surface area contributed by atoms with Crippen molar-refractivity contribution in [3.63, 3.8) is 0 Å². The van der Waals surface area contributed by atoms with Crippen LogP contribution in [0.5, 0.6) is 0 Å². The van der Waals surface area contributed by atoms with Gasteiger partial charge in [0.1, 0.15) is 0 Å². The number of aromatic amines is 1. The van der Waals surface area contributed by atoms with E-state index in [0.29, 0.717) is 4.77 Å². The number of nitrogens with one attached hydrogen (secondary N) is 1. The molecule has 3 nitrogen and oxygen atoms in total. The molecular formula is C7H6BrN3S2. The summed E-state index contributed by atoms with van der Waals surface area (Å²) >= 11 is 10.0. The summed E-state index contributed by atoms with van der Waals surface area (Å²) in [4.78, 5) is 5.29. The summed E-state index contributed by atoms with van der Waals surface area (Å²) in [6.45, 7) is 0. The van der Waals surface area contributed by atoms with Crippen LogP contribution in [0.15, 0.2) is 15.9 Å². The smallest absolute Gasteiger partial charge is 0.216 e. The van der Waals surface area contributed by atoms with Crippen molar-refractivity contribution >= 4 is 39.5 Å². The van der Waals surface area contributed by atoms with E-state index in [1.165, 1.54) is 0 Å². The van der Waals surface area contributed by atoms with E-state index in [0.717, 1.165) is 14.5 Å². The van der Waals surface area contributed by atoms with Crippen molar-refractivity contribution in [3.8, 4) is 10.7 Å². The summed E-state index contributed by atoms with van der Waals surface area (Å²) in [5.41, 5.74) is 0. The lowest BCUT2D eigenvalue weighted by molar-refractivity contribution is 0.756. The minimum Gasteiger partial charge on any atom is -0.279 e. The van der Waals surface area contributed by atoms with Crippen molar-refractivity contribution in [1.29, 1.82) is 0 Å². The SMILES string of the molecule is Cn1[nH]c(-c2ccc(Br)s2)nc1=S. The molecular weight excluding hydrogens is 270 g/mol. The molecule has 0 saturated heterocycles. The molecule has 13 heavy (non-hydrogen) atoms. The van der Waals surface area contributed by atoms with Gasteiger partial charge in [-0.2, -0.15) is 4.98 Å². The normalized spacial score (nSPS) is 10.6. The number of aryl methyl sites for hydroxylation is 1. The first-order valence-electron chi connectivity index (χ1n) is 3.55. The second-order valence-electron chi connectivity index (χ2n) is 2.52. The minimum atomic E-state index is 0.569. The number of nitrogens with zero attached hydrogens (tertiary/aromatic N) is 2. The van der Waals surface area contributed by atoms with E-state index in [4.69, 9.17) is 12.2 Å². The lowest BCUT2D eigenvalue weighted by atomic mass is 10.4. The quantitative estimate of drug-likeness (QED) is 0.812. The van der Waals surface area contributed by atoms with Gasteiger partial charge in [0.15, 0.2) is 5.82 Å². The fourth-order valence-corrected chi connectivity index (χ4v) is 2.42. The van der Waals surface area contributed by atoms with Crippen LogP contribution in [0.2, 0.25) is 0 Å². The van der Waals surface area contributed by atoms with Gasteiger partial charge in [0.05, 0.1) is 8.66 Å². The number of rotatable bonds is 1. The van der Waals surface area contributed by atoms with Crippen LogP contribution in [-0.2, 0) is 7.05 Å². The highest BCUT2D eigenvalue weighted by atomic mass is 79.9. The van der Waals surface area contributed by atoms with Crippen LogP contribution >= 0.6 is 39.5 Å². The number of aromatic nitrogens is 3. The first kappa shape index (κ1) is 9.11. The topological polar surface area (TPSA) is 33.6 Å². The van der Waals surface area contributed by atoms with Gasteiger partial charge in [0.25, 0.3) is 0 Å². The third kappa shape index (κ3) is 1.74. The molecule has 6 heteroatoms. The van der Waals surface area contributed by atoms with Crippen LogP contribution in [-0.4, -0.2) is 14.8 Å². The summed E-state index contributed by atoms with van der Waals surface area (Å²) in [7, 11) is 1.85. The zero-order valence-corrected chi connectivity index (χ0v) is 9.96. The molecule has 0 unspecified atom stereocenters. The van der Waals surface area contributed by atoms with E-state index < -0.39 is 0 Å². The van der Waals surface area contributed by atoms with Gasteiger partial charge in [-0.15, -0.1) is 11.3 Å². The number of hydrogen-bond donors (Lipinski definition) is 1. The lowest BCUT2D eigenvalue weighted by Crippen LogP contribution is -1.88. The molecule has 0 saturated carbocycles. The predicted octanol–water partition coefficient (Wildman–Crippen LogP) is 2.97. The lowest BCUT2D eigenvalue weighted by Gasteiger charge is -1.88. The van der Waals surface area contributed by atoms with Crippen molar-refractivity contribution in [2.75, 3.05) is 0 Å². The van der Waals surface area contributed by atoms with Crippen molar-refractivity contribution in [1.82, 2.24) is 14.8 Å². The highest BCUT2D eigenvalue weighted by molar-refractivity contribution is 9.11. The monoisotopic (exact) mass is 275 g/mol. The van der Waals surface area contributed by atoms with Crippen LogP contribution in [0.3, 0.4) is 0 Å². The Bertz CT molecular complexity index is 482. The van der Waals surface area contributed by atoms with Gasteiger partial charge in [0, 0.05) is 7.05 Å². The third-order valence-corrected chi connectivity index (χ3v) is 3.57. The Morgan fingerprint density at radius 2 is 2.38 bits per heavy atom. The van der Waals surface area contributed by atoms with Gasteiger partial charge in [-0.25, -0.2) is 0 Å². The second kappa shape index (κ2) is 3.36. The van der Waals surface area contributed by atoms with Crippen molar-refractivity contribution in [3.05, 3.63) is 20.7 Å². The summed E-state index contributed by atoms with van der Waals surface area (Å²) < 4.78 is 3.38. The predicted molar refractivity (Wildman–Crippen MR) is 59.4 cm³/mol. The van der Waals surface area contributed by atoms with Gasteiger partial charge in [-0.05, 0) is 40.3 Å². The fourth-order valence-electron chi connectivity index (χ4n) is 0.954. The van der Waals surface area contributed by atoms with Gasteiger partial charge in [-0.3, -0.25) is 9.78 Å². The third-order valence-electron chi connectivity index (χ3n) is 1.57. The molecule has 0 spiro atoms. The number of thiophene rings is 1. The molecule has 0 fully saturated rings. The van der Waals surface area contributed by atoms with Crippen LogP contribution in [0.4, 0.5) is 0 Å². The summed E-state index contributed by atoms with van der Waals surface area (Å²) in [6, 6.07) is 3.99. The Kier molecular flexibility index (Phi) is 2.35. The van der Waals surface area contributed by atoms with Crippen LogP contribution < -0.4 is 0 Å². The molecule has 0 aromatic carbocycles. The molecule has 0 bridgehead atoms. The minimum absolute atomic E-state index is 0.569. The number of H-pyrrole nitrogens is 1. The van der Waals surface area contributed by atoms with Crippen molar-refractivity contribution in [2.45, 2.75) is 0 Å². The molecule has 2 aromatic rings. The summed E-state index contributed by atoms with van der Waals surface area (Å²) in [6.07, 6.45) is 0. The maximum absolute atomic E-state index is 4.99. The van der Waals surface area contributed by atoms with Gasteiger partial charge < -0.3 is 0 Å². The molecule has 0 amide bonds. The second-order valence-corrected chi connectivity index (χ2v) is 5.35. The molecule has 68 valence electrons. The highest BCUT2D eigenvalue weighted by Gasteiger charge is 2.04. The largest absolute Gasteiger partial charge is 0.279 e. The number of hydrogen-bond acceptors (Lipinski definition) is 3. The fraction of sp³-hybridized carbons (Fsp3) is 0.143. The first-order chi connectivity index (χ1) is 6.16. The maximum atomic E-state index is 4.99. The van der Waals surface area contributed by atoms with E-state index in [2.05, 4.69) is 26.0 Å². The first-order valence-corrected chi connectivity index (χ1v) is 5.57. The molecule has 2 aromatic heterocycles. The highest BCUT2D eigenvalue weighted by Crippen LogP contribution is 2.28. The van der Waals surface area contributed by atoms with E-state index in [-0.39, 0.29) is 0 Å². The Hall–Kier alpha value is -0.460. The van der Waals surface area contributed by atoms with Crippen molar-refractivity contribution in [2.24, 2.45) is 7.05 Å². The van der Waals surface area contributed by atoms with E-state index >= 15 is 0 Å². The van der Waals surface area contributed by atoms with Crippen molar-refractivity contribution < 1.29 is 0 Å². The van der Waals surface area contributed by atoms with Gasteiger partial charge in [0.2, 0.25) is 4.77 Å². The Morgan fingerprint density at radius 1 is 1.62 bits per heavy atom. The standard InChI is InChI=1S/C7H6BrN3S2/c1-11-7(12)9-6(10-11)4-2-3-5(8)13-4/h2-3H,1H3,(H,9,10,12). The molecule has 0 aliphatic rings. The number of halogens is 1. The van der Waals surface area contributed by atoms with E-state index in [1.807, 2.05) is 19.2 Å². The molecule has 2 heterocycles. The average molecular weight is 276 g/mol. The molecule has 0 aliphatic heterocycles. The van der Waals surface area contributed by atoms with E-state index in [9.17, 15) is 0 Å². The van der Waals surface area contributed by atoms with Gasteiger partial charge >= 0.3 is 0 Å². The molecule has 2 rings (SSSR count). The Labute approximate surface area is 92.5 Å². The summed E-state index contributed by atoms with van der Waals surface area (Å²) in [5, 5.41) is 3.06. The van der Waals surface area contributed by atoms with E-state index in [1.54, 1.807) is 16.0 Å². The van der Waals surface area contributed by atoms with Crippen LogP contribution in [0.1, 0.15) is 0 Å². The van der Waals surface area contributed by atoms with Crippen LogP contribution in [0.25, 0.3) is 10.7 Å². The zero-order valence-electron chi connectivity index (χ0n) is 6.74. The molecule has 1 N–H and O–H groups in total. The molecule has 0 radical (unpaired) electrons. The maximum Gasteiger partial charge on any atom is 0.216 e. The summed E-state index contributed by atoms with van der Waals surface area (Å²) in [5.74, 6) is 0.822. The van der Waals surface area contributed by atoms with Crippen LogP contribution in [0, 0.1) is 4.77 Å².